The molecular weight excluding hydrogens is 624 g/mol. The second-order valence-electron chi connectivity index (χ2n) is 12.5. The Morgan fingerprint density at radius 2 is 1.65 bits per heavy atom. The Morgan fingerprint density at radius 1 is 0.898 bits per heavy atom. The third-order valence-electron chi connectivity index (χ3n) is 9.42. The van der Waals surface area contributed by atoms with E-state index in [-0.39, 0.29) is 29.2 Å². The summed E-state index contributed by atoms with van der Waals surface area (Å²) in [7, 11) is 6.30. The van der Waals surface area contributed by atoms with Gasteiger partial charge in [0, 0.05) is 45.5 Å². The molecule has 1 heterocycles. The average Bonchev–Trinajstić information content (AvgIpc) is 3.35. The molecule has 1 aliphatic heterocycles. The van der Waals surface area contributed by atoms with Crippen molar-refractivity contribution >= 4 is 23.4 Å². The summed E-state index contributed by atoms with van der Waals surface area (Å²) >= 11 is 0. The third-order valence-corrected chi connectivity index (χ3v) is 9.42. The van der Waals surface area contributed by atoms with E-state index in [1.807, 2.05) is 36.4 Å². The summed E-state index contributed by atoms with van der Waals surface area (Å²) in [5, 5.41) is 9.02. The predicted molar refractivity (Wildman–Crippen MR) is 188 cm³/mol. The van der Waals surface area contributed by atoms with Crippen LogP contribution in [0.3, 0.4) is 0 Å². The van der Waals surface area contributed by atoms with Gasteiger partial charge in [0.15, 0.2) is 11.5 Å². The summed E-state index contributed by atoms with van der Waals surface area (Å²) in [6, 6.07) is 14.2. The molecule has 11 heteroatoms. The second-order valence-corrected chi connectivity index (χ2v) is 12.5. The summed E-state index contributed by atoms with van der Waals surface area (Å²) in [6.45, 7) is 2.43. The number of ether oxygens (including phenoxy) is 3. The Labute approximate surface area is 287 Å². The number of benzene rings is 2. The minimum atomic E-state index is -0.515. The Bertz CT molecular complexity index is 1780. The minimum Gasteiger partial charge on any atom is -0.493 e. The minimum absolute atomic E-state index is 0.0341. The Hall–Kier alpha value is -5.06. The summed E-state index contributed by atoms with van der Waals surface area (Å²) in [4.78, 5) is 53.4. The number of amides is 3. The summed E-state index contributed by atoms with van der Waals surface area (Å²) in [5.74, 6) is 1.12. The maximum Gasteiger partial charge on any atom is 0.242 e. The topological polar surface area (TPSA) is 135 Å². The van der Waals surface area contributed by atoms with Gasteiger partial charge in [-0.3, -0.25) is 19.2 Å². The molecule has 1 aliphatic carbocycles. The van der Waals surface area contributed by atoms with Crippen LogP contribution >= 0.6 is 0 Å². The highest BCUT2D eigenvalue weighted by atomic mass is 16.5. The fourth-order valence-corrected chi connectivity index (χ4v) is 6.98. The van der Waals surface area contributed by atoms with Crippen LogP contribution in [0.4, 0.5) is 5.69 Å². The predicted octanol–water partition coefficient (Wildman–Crippen LogP) is 4.53. The van der Waals surface area contributed by atoms with Crippen molar-refractivity contribution in [2.24, 2.45) is 0 Å². The molecule has 0 fully saturated rings. The molecule has 0 aromatic heterocycles. The zero-order chi connectivity index (χ0) is 35.1. The molecule has 3 aromatic carbocycles. The van der Waals surface area contributed by atoms with Crippen molar-refractivity contribution < 1.29 is 28.6 Å². The SMILES string of the molecule is CNC(=O)C1Cc2ccccc2CN1C(=O)CCCCCNc1ccc2c(cc1=O)C(NC(C)=O)CCc1cc(OC)c(OC)c(OC)c1-2. The summed E-state index contributed by atoms with van der Waals surface area (Å²) in [5.41, 5.74) is 5.64. The van der Waals surface area contributed by atoms with Gasteiger partial charge in [-0.1, -0.05) is 36.8 Å². The number of unbranched alkanes of at least 4 members (excludes halogenated alkanes) is 2. The van der Waals surface area contributed by atoms with Crippen molar-refractivity contribution in [3.63, 3.8) is 0 Å². The van der Waals surface area contributed by atoms with Crippen LogP contribution in [-0.2, 0) is 33.8 Å². The molecule has 0 saturated carbocycles. The van der Waals surface area contributed by atoms with Crippen molar-refractivity contribution in [2.45, 2.75) is 70.5 Å². The second kappa shape index (κ2) is 15.9. The zero-order valence-electron chi connectivity index (χ0n) is 28.9. The van der Waals surface area contributed by atoms with Crippen molar-refractivity contribution in [3.05, 3.63) is 81.0 Å². The highest BCUT2D eigenvalue weighted by molar-refractivity contribution is 5.88. The van der Waals surface area contributed by atoms with E-state index in [0.29, 0.717) is 73.7 Å². The maximum atomic E-state index is 13.6. The fourth-order valence-electron chi connectivity index (χ4n) is 6.98. The van der Waals surface area contributed by atoms with Crippen LogP contribution in [0.2, 0.25) is 0 Å². The van der Waals surface area contributed by atoms with Crippen molar-refractivity contribution in [1.29, 1.82) is 0 Å². The molecule has 11 nitrogen and oxygen atoms in total. The van der Waals surface area contributed by atoms with Gasteiger partial charge in [-0.15, -0.1) is 0 Å². The zero-order valence-corrected chi connectivity index (χ0v) is 28.9. The molecule has 0 radical (unpaired) electrons. The first-order chi connectivity index (χ1) is 23.7. The Balaban J connectivity index is 1.29. The van der Waals surface area contributed by atoms with Gasteiger partial charge in [0.05, 0.1) is 33.1 Å². The lowest BCUT2D eigenvalue weighted by molar-refractivity contribution is -0.141. The van der Waals surface area contributed by atoms with E-state index in [9.17, 15) is 19.2 Å². The van der Waals surface area contributed by atoms with Gasteiger partial charge in [0.2, 0.25) is 28.9 Å². The van der Waals surface area contributed by atoms with E-state index < -0.39 is 6.04 Å². The number of nitrogens with zero attached hydrogens (tertiary/aromatic N) is 1. The number of rotatable bonds is 12. The molecule has 3 amide bonds. The average molecular weight is 671 g/mol. The number of likely N-dealkylation sites (N-methyl/N-ethyl adjacent to an activating group) is 1. The normalized spacial score (nSPS) is 16.2. The molecule has 0 bridgehead atoms. The van der Waals surface area contributed by atoms with E-state index in [4.69, 9.17) is 14.2 Å². The molecule has 49 heavy (non-hydrogen) atoms. The molecule has 3 aromatic rings. The van der Waals surface area contributed by atoms with Crippen LogP contribution < -0.4 is 35.6 Å². The van der Waals surface area contributed by atoms with Gasteiger partial charge in [0.25, 0.3) is 0 Å². The Morgan fingerprint density at radius 3 is 2.35 bits per heavy atom. The van der Waals surface area contributed by atoms with Crippen molar-refractivity contribution in [1.82, 2.24) is 15.5 Å². The fraction of sp³-hybridized carbons (Fsp3) is 0.421. The highest BCUT2D eigenvalue weighted by Gasteiger charge is 2.34. The van der Waals surface area contributed by atoms with E-state index in [0.717, 1.165) is 40.7 Å². The van der Waals surface area contributed by atoms with Gasteiger partial charge in [-0.2, -0.15) is 0 Å². The van der Waals surface area contributed by atoms with E-state index in [2.05, 4.69) is 16.0 Å². The number of fused-ring (bicyclic) bond motifs is 4. The number of aryl methyl sites for hydroxylation is 1. The van der Waals surface area contributed by atoms with Gasteiger partial charge in [-0.25, -0.2) is 0 Å². The first-order valence-corrected chi connectivity index (χ1v) is 16.8. The quantitative estimate of drug-likeness (QED) is 0.239. The third kappa shape index (κ3) is 7.66. The molecule has 0 saturated heterocycles. The van der Waals surface area contributed by atoms with Crippen LogP contribution in [0.15, 0.2) is 53.3 Å². The largest absolute Gasteiger partial charge is 0.493 e. The van der Waals surface area contributed by atoms with Crippen LogP contribution in [0, 0.1) is 0 Å². The van der Waals surface area contributed by atoms with Gasteiger partial charge in [-0.05, 0) is 71.7 Å². The van der Waals surface area contributed by atoms with Gasteiger partial charge >= 0.3 is 0 Å². The molecule has 3 N–H and O–H groups in total. The summed E-state index contributed by atoms with van der Waals surface area (Å²) in [6.07, 6.45) is 4.23. The van der Waals surface area contributed by atoms with Crippen LogP contribution in [0.1, 0.15) is 67.3 Å². The summed E-state index contributed by atoms with van der Waals surface area (Å²) < 4.78 is 17.1. The number of anilines is 1. The van der Waals surface area contributed by atoms with E-state index in [1.165, 1.54) is 6.92 Å². The molecular formula is C38H46N4O7. The van der Waals surface area contributed by atoms with E-state index >= 15 is 0 Å². The lowest BCUT2D eigenvalue weighted by Crippen LogP contribution is -2.51. The molecule has 0 spiro atoms. The molecule has 260 valence electrons. The first-order valence-electron chi connectivity index (χ1n) is 16.8. The van der Waals surface area contributed by atoms with Gasteiger partial charge < -0.3 is 35.1 Å². The molecule has 2 atom stereocenters. The van der Waals surface area contributed by atoms with Crippen LogP contribution in [0.5, 0.6) is 17.2 Å². The number of carbonyl (C=O) groups is 3. The standard InChI is InChI=1S/C38H46N4O7/c1-23(43)41-29-16-14-25-20-33(47-3)36(48-4)37(49-5)35(25)27-15-17-30(32(44)21-28(27)29)40-18-10-6-7-13-34(45)42-22-26-12-9-8-11-24(26)19-31(42)38(46)39-2/h8-9,11-12,15,17,20-21,29,31H,6-7,10,13-14,16,18-19,22H2,1-5H3,(H,39,46)(H,40,44)(H,41,43). The molecule has 2 aliphatic rings. The van der Waals surface area contributed by atoms with Crippen LogP contribution in [0.25, 0.3) is 11.1 Å². The van der Waals surface area contributed by atoms with Crippen LogP contribution in [-0.4, -0.2) is 63.6 Å². The number of hydrogen-bond donors (Lipinski definition) is 3. The highest BCUT2D eigenvalue weighted by Crippen LogP contribution is 2.50. The van der Waals surface area contributed by atoms with Crippen molar-refractivity contribution in [3.8, 4) is 28.4 Å². The number of carbonyl (C=O) groups excluding carboxylic acids is 3. The smallest absolute Gasteiger partial charge is 0.242 e. The molecule has 5 rings (SSSR count). The molecule has 2 unspecified atom stereocenters. The Kier molecular flexibility index (Phi) is 11.4. The van der Waals surface area contributed by atoms with E-state index in [1.54, 1.807) is 45.4 Å². The monoisotopic (exact) mass is 670 g/mol. The lowest BCUT2D eigenvalue weighted by Gasteiger charge is -2.36. The van der Waals surface area contributed by atoms with Crippen molar-refractivity contribution in [2.75, 3.05) is 40.2 Å². The number of hydrogen-bond acceptors (Lipinski definition) is 8. The first kappa shape index (κ1) is 35.3. The lowest BCUT2D eigenvalue weighted by atomic mass is 9.93. The number of methoxy groups -OCH3 is 3. The van der Waals surface area contributed by atoms with Gasteiger partial charge in [0.1, 0.15) is 6.04 Å². The maximum absolute atomic E-state index is 13.6. The number of nitrogens with one attached hydrogen (secondary N) is 3.